The molecule has 32 heavy (non-hydrogen) atoms. The van der Waals surface area contributed by atoms with Crippen molar-refractivity contribution in [2.24, 2.45) is 5.92 Å². The Morgan fingerprint density at radius 2 is 2.09 bits per heavy atom. The molecule has 0 aliphatic carbocycles. The fourth-order valence-corrected chi connectivity index (χ4v) is 4.67. The maximum absolute atomic E-state index is 13.7. The largest absolute Gasteiger partial charge is 0.330 e. The monoisotopic (exact) mass is 448 g/mol. The van der Waals surface area contributed by atoms with Crippen LogP contribution in [0.25, 0.3) is 0 Å². The van der Waals surface area contributed by atoms with Gasteiger partial charge >= 0.3 is 0 Å². The number of carbonyl (C=O) groups excluding carboxylic acids is 2. The Morgan fingerprint density at radius 3 is 2.78 bits per heavy atom. The smallest absolute Gasteiger partial charge is 0.254 e. The van der Waals surface area contributed by atoms with Crippen LogP contribution in [0.3, 0.4) is 0 Å². The van der Waals surface area contributed by atoms with Crippen LogP contribution in [-0.4, -0.2) is 27.6 Å². The number of benzene rings is 2. The number of nitrogens with zero attached hydrogens (tertiary/aromatic N) is 3. The molecule has 0 spiro atoms. The lowest BCUT2D eigenvalue weighted by Gasteiger charge is -2.42. The zero-order valence-electron chi connectivity index (χ0n) is 17.6. The van der Waals surface area contributed by atoms with Gasteiger partial charge in [-0.25, -0.2) is 8.76 Å². The topological polar surface area (TPSA) is 86.1 Å². The van der Waals surface area contributed by atoms with E-state index in [9.17, 15) is 14.0 Å². The molecule has 0 bridgehead atoms. The van der Waals surface area contributed by atoms with Crippen LogP contribution in [0.15, 0.2) is 54.0 Å². The van der Waals surface area contributed by atoms with Crippen LogP contribution in [0.4, 0.5) is 10.1 Å². The summed E-state index contributed by atoms with van der Waals surface area (Å²) >= 11 is 1.26. The first kappa shape index (κ1) is 21.7. The first-order valence-corrected chi connectivity index (χ1v) is 11.0. The molecule has 162 valence electrons. The van der Waals surface area contributed by atoms with E-state index in [4.69, 9.17) is 5.26 Å². The Kier molecular flexibility index (Phi) is 6.01. The first-order chi connectivity index (χ1) is 15.4. The number of aromatic nitrogens is 1. The van der Waals surface area contributed by atoms with E-state index in [1.165, 1.54) is 23.7 Å². The van der Waals surface area contributed by atoms with Crippen LogP contribution in [0.5, 0.6) is 0 Å². The number of fused-ring (bicyclic) bond motifs is 1. The van der Waals surface area contributed by atoms with Crippen LogP contribution in [0.2, 0.25) is 0 Å². The molecule has 4 rings (SSSR count). The molecule has 2 amide bonds. The lowest BCUT2D eigenvalue weighted by Crippen LogP contribution is -2.47. The molecule has 2 heterocycles. The lowest BCUT2D eigenvalue weighted by atomic mass is 9.79. The summed E-state index contributed by atoms with van der Waals surface area (Å²) in [6, 6.07) is 12.2. The van der Waals surface area contributed by atoms with Crippen LogP contribution in [0.1, 0.15) is 52.9 Å². The van der Waals surface area contributed by atoms with E-state index in [1.54, 1.807) is 41.4 Å². The minimum atomic E-state index is -0.699. The van der Waals surface area contributed by atoms with Gasteiger partial charge in [-0.2, -0.15) is 5.26 Å². The van der Waals surface area contributed by atoms with Crippen molar-refractivity contribution in [1.29, 1.82) is 5.26 Å². The third kappa shape index (κ3) is 3.99. The molecule has 1 unspecified atom stereocenters. The average molecular weight is 449 g/mol. The van der Waals surface area contributed by atoms with Crippen molar-refractivity contribution >= 4 is 29.0 Å². The van der Waals surface area contributed by atoms with Gasteiger partial charge in [0.15, 0.2) is 0 Å². The summed E-state index contributed by atoms with van der Waals surface area (Å²) in [5, 5.41) is 13.8. The fourth-order valence-electron chi connectivity index (χ4n) is 4.11. The Balaban J connectivity index is 1.81. The molecule has 1 aromatic heterocycles. The number of halogens is 1. The van der Waals surface area contributed by atoms with Crippen molar-refractivity contribution in [2.75, 3.05) is 11.9 Å². The van der Waals surface area contributed by atoms with Crippen molar-refractivity contribution in [1.82, 2.24) is 9.27 Å². The number of hydrogen-bond acceptors (Lipinski definition) is 5. The van der Waals surface area contributed by atoms with Crippen LogP contribution >= 0.6 is 11.5 Å². The summed E-state index contributed by atoms with van der Waals surface area (Å²) in [4.78, 5) is 28.8. The Bertz CT molecular complexity index is 1200. The van der Waals surface area contributed by atoms with E-state index in [0.29, 0.717) is 23.4 Å². The van der Waals surface area contributed by atoms with Gasteiger partial charge in [-0.05, 0) is 47.3 Å². The van der Waals surface area contributed by atoms with Crippen molar-refractivity contribution in [3.05, 3.63) is 82.1 Å². The molecule has 0 saturated heterocycles. The van der Waals surface area contributed by atoms with Gasteiger partial charge in [0.05, 0.1) is 17.5 Å². The van der Waals surface area contributed by atoms with E-state index in [2.05, 4.69) is 9.69 Å². The van der Waals surface area contributed by atoms with Crippen molar-refractivity contribution < 1.29 is 14.0 Å². The summed E-state index contributed by atoms with van der Waals surface area (Å²) in [5.74, 6) is -1.62. The zero-order valence-corrected chi connectivity index (χ0v) is 18.4. The van der Waals surface area contributed by atoms with Gasteiger partial charge in [-0.15, -0.1) is 0 Å². The second-order valence-corrected chi connectivity index (χ2v) is 8.77. The highest BCUT2D eigenvalue weighted by atomic mass is 32.1. The Morgan fingerprint density at radius 1 is 1.31 bits per heavy atom. The van der Waals surface area contributed by atoms with E-state index in [0.717, 1.165) is 11.6 Å². The van der Waals surface area contributed by atoms with Gasteiger partial charge in [-0.1, -0.05) is 32.0 Å². The number of nitriles is 1. The third-order valence-corrected chi connectivity index (χ3v) is 6.03. The molecule has 8 heteroatoms. The molecule has 0 saturated carbocycles. The van der Waals surface area contributed by atoms with E-state index >= 15 is 0 Å². The maximum Gasteiger partial charge on any atom is 0.254 e. The minimum Gasteiger partial charge on any atom is -0.330 e. The highest BCUT2D eigenvalue weighted by Crippen LogP contribution is 2.43. The highest BCUT2D eigenvalue weighted by molar-refractivity contribution is 7.03. The molecule has 1 N–H and O–H groups in total. The highest BCUT2D eigenvalue weighted by Gasteiger charge is 2.44. The SMILES string of the molecule is CC(C)CN1C(=O)c2ccccc2C(C(=O)Nc2ccc(F)c(C#N)c2)[C@H]1c1cnsc1. The number of anilines is 1. The van der Waals surface area contributed by atoms with Crippen LogP contribution in [-0.2, 0) is 4.79 Å². The quantitative estimate of drug-likeness (QED) is 0.611. The molecule has 0 fully saturated rings. The predicted octanol–water partition coefficient (Wildman–Crippen LogP) is 4.73. The van der Waals surface area contributed by atoms with Crippen molar-refractivity contribution in [2.45, 2.75) is 25.8 Å². The Hall–Kier alpha value is -3.57. The maximum atomic E-state index is 13.7. The van der Waals surface area contributed by atoms with Crippen LogP contribution in [0, 0.1) is 23.1 Å². The summed E-state index contributed by atoms with van der Waals surface area (Å²) in [6.45, 7) is 4.52. The van der Waals surface area contributed by atoms with Gasteiger partial charge in [0.2, 0.25) is 5.91 Å². The molecule has 1 aliphatic rings. The zero-order chi connectivity index (χ0) is 22.8. The number of carbonyl (C=O) groups is 2. The second kappa shape index (κ2) is 8.89. The molecule has 0 radical (unpaired) electrons. The molecule has 3 aromatic rings. The van der Waals surface area contributed by atoms with Gasteiger partial charge in [-0.3, -0.25) is 9.59 Å². The molecule has 2 atom stereocenters. The fraction of sp³-hybridized carbons (Fsp3) is 0.250. The van der Waals surface area contributed by atoms with E-state index < -0.39 is 17.8 Å². The summed E-state index contributed by atoms with van der Waals surface area (Å²) in [7, 11) is 0. The number of rotatable bonds is 5. The summed E-state index contributed by atoms with van der Waals surface area (Å²) < 4.78 is 17.9. The number of amides is 2. The molecule has 2 aromatic carbocycles. The van der Waals surface area contributed by atoms with E-state index in [-0.39, 0.29) is 23.3 Å². The van der Waals surface area contributed by atoms with Gasteiger partial charge < -0.3 is 10.2 Å². The van der Waals surface area contributed by atoms with E-state index in [1.807, 2.05) is 19.2 Å². The van der Waals surface area contributed by atoms with Gasteiger partial charge in [0.25, 0.3) is 5.91 Å². The van der Waals surface area contributed by atoms with Crippen molar-refractivity contribution in [3.63, 3.8) is 0 Å². The Labute approximate surface area is 189 Å². The summed E-state index contributed by atoms with van der Waals surface area (Å²) in [6.07, 6.45) is 1.69. The second-order valence-electron chi connectivity index (χ2n) is 8.11. The molecule has 6 nitrogen and oxygen atoms in total. The molecular weight excluding hydrogens is 427 g/mol. The minimum absolute atomic E-state index is 0.122. The average Bonchev–Trinajstić information content (AvgIpc) is 3.31. The van der Waals surface area contributed by atoms with Crippen molar-refractivity contribution in [3.8, 4) is 6.07 Å². The normalized spacial score (nSPS) is 17.7. The third-order valence-electron chi connectivity index (χ3n) is 5.43. The van der Waals surface area contributed by atoms with Crippen LogP contribution < -0.4 is 5.32 Å². The number of hydrogen-bond donors (Lipinski definition) is 1. The number of nitrogens with one attached hydrogen (secondary N) is 1. The van der Waals surface area contributed by atoms with Gasteiger partial charge in [0.1, 0.15) is 11.9 Å². The lowest BCUT2D eigenvalue weighted by molar-refractivity contribution is -0.119. The summed E-state index contributed by atoms with van der Waals surface area (Å²) in [5.41, 5.74) is 2.08. The molecule has 1 aliphatic heterocycles. The predicted molar refractivity (Wildman–Crippen MR) is 120 cm³/mol. The first-order valence-electron chi connectivity index (χ1n) is 10.2. The standard InChI is InChI=1S/C24H21FN4O2S/c1-14(2)12-29-22(16-11-27-32-13-16)21(18-5-3-4-6-19(18)24(29)31)23(30)28-17-7-8-20(25)15(9-17)10-26/h3-9,11,13-14,21-22H,12H2,1-2H3,(H,28,30)/t21?,22-/m1/s1. The van der Waals surface area contributed by atoms with Gasteiger partial charge in [0, 0.05) is 34.9 Å². The molecular formula is C24H21FN4O2S.